The second-order valence-electron chi connectivity index (χ2n) is 7.42. The summed E-state index contributed by atoms with van der Waals surface area (Å²) >= 11 is 6.08. The number of rotatable bonds is 2. The highest BCUT2D eigenvalue weighted by Gasteiger charge is 2.48. The van der Waals surface area contributed by atoms with E-state index in [0.717, 1.165) is 37.3 Å². The Hall–Kier alpha value is -2.52. The first-order valence-corrected chi connectivity index (χ1v) is 9.74. The van der Waals surface area contributed by atoms with Gasteiger partial charge < -0.3 is 20.1 Å². The summed E-state index contributed by atoms with van der Waals surface area (Å²) < 4.78 is 35.7. The van der Waals surface area contributed by atoms with E-state index in [0.29, 0.717) is 29.5 Å². The molecule has 1 fully saturated rings. The van der Waals surface area contributed by atoms with Crippen LogP contribution in [-0.4, -0.2) is 35.2 Å². The summed E-state index contributed by atoms with van der Waals surface area (Å²) in [7, 11) is 0. The molecular weight excluding hydrogens is 404 g/mol. The third-order valence-corrected chi connectivity index (χ3v) is 5.69. The topological polar surface area (TPSA) is 80.7 Å². The molecule has 4 heterocycles. The van der Waals surface area contributed by atoms with Gasteiger partial charge in [0.15, 0.2) is 5.82 Å². The molecule has 1 aromatic carbocycles. The number of aliphatic imine (C=N–C) groups is 1. The number of anilines is 1. The lowest BCUT2D eigenvalue weighted by molar-refractivity contribution is -0.288. The summed E-state index contributed by atoms with van der Waals surface area (Å²) in [5.41, 5.74) is 1.30. The third-order valence-electron chi connectivity index (χ3n) is 5.45. The molecule has 3 aliphatic rings. The van der Waals surface area contributed by atoms with E-state index in [9.17, 15) is 8.78 Å². The standard InChI is InChI=1S/C19H18ClF2N5O2/c20-12-3-1-2-11(8-12)10-24-17-18(4-6-23-7-5-18)9-13-14(27-17)26-16-15(25-13)28-19(21,22)29-16/h1-3,8,23H,4-7,9-10H2,(H,24,26,27). The number of aromatic nitrogens is 2. The molecule has 7 nitrogen and oxygen atoms in total. The predicted molar refractivity (Wildman–Crippen MR) is 103 cm³/mol. The maximum absolute atomic E-state index is 13.4. The number of hydrogen-bond donors (Lipinski definition) is 2. The van der Waals surface area contributed by atoms with Crippen molar-refractivity contribution in [3.8, 4) is 11.8 Å². The molecule has 0 bridgehead atoms. The summed E-state index contributed by atoms with van der Waals surface area (Å²) in [5, 5.41) is 7.24. The first-order chi connectivity index (χ1) is 13.9. The van der Waals surface area contributed by atoms with E-state index >= 15 is 0 Å². The number of ether oxygens (including phenoxy) is 2. The number of alkyl halides is 2. The summed E-state index contributed by atoms with van der Waals surface area (Å²) in [6.07, 6.45) is -1.51. The van der Waals surface area contributed by atoms with Crippen LogP contribution in [0.25, 0.3) is 0 Å². The van der Waals surface area contributed by atoms with Gasteiger partial charge in [0.25, 0.3) is 11.8 Å². The van der Waals surface area contributed by atoms with Crippen molar-refractivity contribution in [2.75, 3.05) is 18.4 Å². The maximum Gasteiger partial charge on any atom is 0.588 e. The lowest BCUT2D eigenvalue weighted by atomic mass is 9.72. The fourth-order valence-corrected chi connectivity index (χ4v) is 4.23. The Bertz CT molecular complexity index is 995. The number of benzene rings is 1. The smallest absolute Gasteiger partial charge is 0.375 e. The van der Waals surface area contributed by atoms with Crippen molar-refractivity contribution in [1.29, 1.82) is 0 Å². The van der Waals surface area contributed by atoms with Crippen LogP contribution in [0, 0.1) is 5.41 Å². The minimum atomic E-state index is -3.75. The van der Waals surface area contributed by atoms with E-state index in [1.807, 2.05) is 24.3 Å². The monoisotopic (exact) mass is 421 g/mol. The minimum absolute atomic E-state index is 0.262. The van der Waals surface area contributed by atoms with Crippen molar-refractivity contribution in [3.05, 3.63) is 40.5 Å². The van der Waals surface area contributed by atoms with Crippen molar-refractivity contribution in [1.82, 2.24) is 15.3 Å². The van der Waals surface area contributed by atoms with Crippen LogP contribution in [0.3, 0.4) is 0 Å². The maximum atomic E-state index is 13.4. The van der Waals surface area contributed by atoms with Gasteiger partial charge in [-0.25, -0.2) is 4.98 Å². The molecular formula is C19H18ClF2N5O2. The molecule has 0 unspecified atom stereocenters. The number of nitrogens with one attached hydrogen (secondary N) is 2. The van der Waals surface area contributed by atoms with Crippen LogP contribution in [0.2, 0.25) is 5.02 Å². The van der Waals surface area contributed by atoms with Crippen molar-refractivity contribution in [2.24, 2.45) is 10.4 Å². The average molecular weight is 422 g/mol. The third kappa shape index (κ3) is 3.49. The summed E-state index contributed by atoms with van der Waals surface area (Å²) in [6.45, 7) is 2.12. The van der Waals surface area contributed by atoms with E-state index < -0.39 is 6.29 Å². The average Bonchev–Trinajstić information content (AvgIpc) is 2.98. The second kappa shape index (κ2) is 6.77. The largest absolute Gasteiger partial charge is 0.588 e. The Labute approximate surface area is 170 Å². The molecule has 5 rings (SSSR count). The van der Waals surface area contributed by atoms with Crippen LogP contribution in [0.1, 0.15) is 24.1 Å². The second-order valence-corrected chi connectivity index (χ2v) is 7.86. The lowest BCUT2D eigenvalue weighted by Crippen LogP contribution is -2.49. The number of fused-ring (bicyclic) bond motifs is 2. The van der Waals surface area contributed by atoms with E-state index in [1.54, 1.807) is 0 Å². The molecule has 0 amide bonds. The van der Waals surface area contributed by atoms with Gasteiger partial charge in [0.1, 0.15) is 5.84 Å². The molecule has 1 spiro atoms. The van der Waals surface area contributed by atoms with Gasteiger partial charge in [-0.3, -0.25) is 4.99 Å². The Balaban J connectivity index is 1.50. The van der Waals surface area contributed by atoms with Crippen molar-refractivity contribution < 1.29 is 18.3 Å². The molecule has 1 saturated heterocycles. The molecule has 152 valence electrons. The Morgan fingerprint density at radius 2 is 1.90 bits per heavy atom. The molecule has 0 radical (unpaired) electrons. The fraction of sp³-hybridized carbons (Fsp3) is 0.421. The van der Waals surface area contributed by atoms with Crippen molar-refractivity contribution in [2.45, 2.75) is 32.1 Å². The van der Waals surface area contributed by atoms with Gasteiger partial charge in [0.05, 0.1) is 12.2 Å². The number of hydrogen-bond acceptors (Lipinski definition) is 6. The minimum Gasteiger partial charge on any atom is -0.375 e. The highest BCUT2D eigenvalue weighted by Crippen LogP contribution is 2.44. The number of piperidine rings is 1. The molecule has 0 atom stereocenters. The molecule has 0 aliphatic carbocycles. The Kier molecular flexibility index (Phi) is 4.32. The normalized spacial score (nSPS) is 22.4. The number of halogens is 3. The molecule has 2 aromatic rings. The van der Waals surface area contributed by atoms with Crippen LogP contribution in [0.15, 0.2) is 29.3 Å². The van der Waals surface area contributed by atoms with Crippen molar-refractivity contribution >= 4 is 23.3 Å². The number of amidine groups is 1. The van der Waals surface area contributed by atoms with Gasteiger partial charge in [0, 0.05) is 16.9 Å². The molecule has 0 saturated carbocycles. The van der Waals surface area contributed by atoms with E-state index in [-0.39, 0.29) is 17.2 Å². The SMILES string of the molecule is FC1(F)Oc2nc3c(nc2O1)NC(=NCc1cccc(Cl)c1)C1(CCNCC1)C3. The molecule has 3 aliphatic heterocycles. The fourth-order valence-electron chi connectivity index (χ4n) is 4.02. The van der Waals surface area contributed by atoms with Crippen LogP contribution >= 0.6 is 11.6 Å². The summed E-state index contributed by atoms with van der Waals surface area (Å²) in [4.78, 5) is 13.3. The molecule has 1 aromatic heterocycles. The zero-order valence-corrected chi connectivity index (χ0v) is 16.1. The van der Waals surface area contributed by atoms with E-state index in [1.165, 1.54) is 0 Å². The molecule has 2 N–H and O–H groups in total. The Morgan fingerprint density at radius 1 is 1.14 bits per heavy atom. The molecule has 29 heavy (non-hydrogen) atoms. The van der Waals surface area contributed by atoms with Gasteiger partial charge in [-0.2, -0.15) is 4.98 Å². The van der Waals surface area contributed by atoms with Crippen LogP contribution in [-0.2, 0) is 13.0 Å². The summed E-state index contributed by atoms with van der Waals surface area (Å²) in [6, 6.07) is 7.53. The zero-order chi connectivity index (χ0) is 20.1. The number of nitrogens with zero attached hydrogens (tertiary/aromatic N) is 3. The van der Waals surface area contributed by atoms with Gasteiger partial charge in [-0.15, -0.1) is 8.78 Å². The van der Waals surface area contributed by atoms with Gasteiger partial charge in [-0.1, -0.05) is 23.7 Å². The van der Waals surface area contributed by atoms with Crippen LogP contribution < -0.4 is 20.1 Å². The first kappa shape index (κ1) is 18.5. The van der Waals surface area contributed by atoms with E-state index in [4.69, 9.17) is 16.6 Å². The quantitative estimate of drug-likeness (QED) is 0.773. The Morgan fingerprint density at radius 3 is 2.66 bits per heavy atom. The predicted octanol–water partition coefficient (Wildman–Crippen LogP) is 3.39. The molecule has 10 heteroatoms. The van der Waals surface area contributed by atoms with Crippen molar-refractivity contribution in [3.63, 3.8) is 0 Å². The van der Waals surface area contributed by atoms with Crippen LogP contribution in [0.5, 0.6) is 11.8 Å². The first-order valence-electron chi connectivity index (χ1n) is 9.36. The van der Waals surface area contributed by atoms with Gasteiger partial charge in [-0.05, 0) is 43.6 Å². The zero-order valence-electron chi connectivity index (χ0n) is 15.3. The van der Waals surface area contributed by atoms with E-state index in [2.05, 4.69) is 30.1 Å². The highest BCUT2D eigenvalue weighted by atomic mass is 35.5. The lowest BCUT2D eigenvalue weighted by Gasteiger charge is -2.41. The van der Waals surface area contributed by atoms with Gasteiger partial charge in [0.2, 0.25) is 0 Å². The van der Waals surface area contributed by atoms with Gasteiger partial charge >= 0.3 is 6.29 Å². The van der Waals surface area contributed by atoms with Crippen LogP contribution in [0.4, 0.5) is 14.6 Å². The highest BCUT2D eigenvalue weighted by molar-refractivity contribution is 6.30. The summed E-state index contributed by atoms with van der Waals surface area (Å²) in [5.74, 6) is 0.557.